The average molecular weight is 390 g/mol. The lowest BCUT2D eigenvalue weighted by Crippen LogP contribution is -2.40. The SMILES string of the molecule is O=C(NC1CCC(n2nc3c(cc2=O)CCCC3)CC1)c1c[nH]c2ccccc12. The van der Waals surface area contributed by atoms with Gasteiger partial charge in [-0.05, 0) is 63.0 Å². The number of aromatic nitrogens is 3. The molecular formula is C23H26N4O2. The highest BCUT2D eigenvalue weighted by Gasteiger charge is 2.26. The number of nitrogens with zero attached hydrogens (tertiary/aromatic N) is 2. The molecule has 0 saturated heterocycles. The number of amides is 1. The van der Waals surface area contributed by atoms with Crippen molar-refractivity contribution in [1.82, 2.24) is 20.1 Å². The van der Waals surface area contributed by atoms with Crippen molar-refractivity contribution in [3.63, 3.8) is 0 Å². The predicted molar refractivity (Wildman–Crippen MR) is 112 cm³/mol. The van der Waals surface area contributed by atoms with E-state index < -0.39 is 0 Å². The molecule has 0 radical (unpaired) electrons. The van der Waals surface area contributed by atoms with E-state index in [-0.39, 0.29) is 23.6 Å². The Morgan fingerprint density at radius 2 is 1.90 bits per heavy atom. The van der Waals surface area contributed by atoms with Gasteiger partial charge in [0.25, 0.3) is 11.5 Å². The molecule has 2 aliphatic carbocycles. The minimum Gasteiger partial charge on any atom is -0.360 e. The van der Waals surface area contributed by atoms with Crippen LogP contribution in [0.5, 0.6) is 0 Å². The zero-order valence-corrected chi connectivity index (χ0v) is 16.5. The molecule has 6 nitrogen and oxygen atoms in total. The minimum absolute atomic E-state index is 0.0249. The van der Waals surface area contributed by atoms with Crippen LogP contribution in [-0.2, 0) is 12.8 Å². The third kappa shape index (κ3) is 3.48. The van der Waals surface area contributed by atoms with Crippen molar-refractivity contribution in [2.24, 2.45) is 0 Å². The van der Waals surface area contributed by atoms with Crippen LogP contribution in [0.3, 0.4) is 0 Å². The predicted octanol–water partition coefficient (Wildman–Crippen LogP) is 3.52. The summed E-state index contributed by atoms with van der Waals surface area (Å²) < 4.78 is 1.71. The van der Waals surface area contributed by atoms with Gasteiger partial charge in [0.15, 0.2) is 0 Å². The number of aryl methyl sites for hydroxylation is 2. The summed E-state index contributed by atoms with van der Waals surface area (Å²) in [4.78, 5) is 28.5. The summed E-state index contributed by atoms with van der Waals surface area (Å²) in [7, 11) is 0. The van der Waals surface area contributed by atoms with E-state index in [1.165, 1.54) is 0 Å². The van der Waals surface area contributed by atoms with E-state index in [0.717, 1.165) is 73.5 Å². The van der Waals surface area contributed by atoms with Crippen LogP contribution >= 0.6 is 0 Å². The van der Waals surface area contributed by atoms with Crippen molar-refractivity contribution in [3.05, 3.63) is 63.7 Å². The van der Waals surface area contributed by atoms with Gasteiger partial charge in [0, 0.05) is 29.2 Å². The zero-order chi connectivity index (χ0) is 19.8. The number of carbonyl (C=O) groups is 1. The number of rotatable bonds is 3. The van der Waals surface area contributed by atoms with Gasteiger partial charge in [0.05, 0.1) is 17.3 Å². The Balaban J connectivity index is 1.25. The summed E-state index contributed by atoms with van der Waals surface area (Å²) in [5.41, 5.74) is 3.93. The normalized spacial score (nSPS) is 21.7. The van der Waals surface area contributed by atoms with E-state index in [4.69, 9.17) is 5.10 Å². The second-order valence-electron chi connectivity index (χ2n) is 8.33. The molecule has 1 saturated carbocycles. The van der Waals surface area contributed by atoms with E-state index in [1.54, 1.807) is 16.9 Å². The van der Waals surface area contributed by atoms with Crippen LogP contribution in [0.25, 0.3) is 10.9 Å². The summed E-state index contributed by atoms with van der Waals surface area (Å²) in [6.07, 6.45) is 9.51. The van der Waals surface area contributed by atoms with Gasteiger partial charge in [-0.3, -0.25) is 9.59 Å². The molecule has 6 heteroatoms. The zero-order valence-electron chi connectivity index (χ0n) is 16.5. The Morgan fingerprint density at radius 1 is 1.10 bits per heavy atom. The maximum Gasteiger partial charge on any atom is 0.267 e. The summed E-state index contributed by atoms with van der Waals surface area (Å²) >= 11 is 0. The van der Waals surface area contributed by atoms with Crippen LogP contribution in [0.2, 0.25) is 0 Å². The smallest absolute Gasteiger partial charge is 0.267 e. The molecule has 2 aromatic heterocycles. The lowest BCUT2D eigenvalue weighted by atomic mass is 9.90. The van der Waals surface area contributed by atoms with Crippen LogP contribution < -0.4 is 10.9 Å². The second kappa shape index (κ2) is 7.50. The topological polar surface area (TPSA) is 79.8 Å². The molecule has 2 heterocycles. The van der Waals surface area contributed by atoms with Gasteiger partial charge >= 0.3 is 0 Å². The first-order valence-corrected chi connectivity index (χ1v) is 10.7. The van der Waals surface area contributed by atoms with Gasteiger partial charge < -0.3 is 10.3 Å². The molecule has 29 heavy (non-hydrogen) atoms. The number of fused-ring (bicyclic) bond motifs is 2. The molecule has 0 bridgehead atoms. The first-order valence-electron chi connectivity index (χ1n) is 10.7. The first kappa shape index (κ1) is 18.2. The quantitative estimate of drug-likeness (QED) is 0.718. The minimum atomic E-state index is -0.0324. The Kier molecular flexibility index (Phi) is 4.70. The molecule has 5 rings (SSSR count). The van der Waals surface area contributed by atoms with Gasteiger partial charge in [0.2, 0.25) is 0 Å². The second-order valence-corrected chi connectivity index (χ2v) is 8.33. The summed E-state index contributed by atoms with van der Waals surface area (Å²) in [5, 5.41) is 8.84. The maximum absolute atomic E-state index is 12.8. The molecule has 150 valence electrons. The maximum atomic E-state index is 12.8. The number of hydrogen-bond donors (Lipinski definition) is 2. The Bertz CT molecular complexity index is 1110. The van der Waals surface area contributed by atoms with Crippen LogP contribution in [0.4, 0.5) is 0 Å². The molecule has 1 aromatic carbocycles. The number of benzene rings is 1. The number of para-hydroxylation sites is 1. The van der Waals surface area contributed by atoms with E-state index in [2.05, 4.69) is 10.3 Å². The number of carbonyl (C=O) groups excluding carboxylic acids is 1. The van der Waals surface area contributed by atoms with Gasteiger partial charge in [0.1, 0.15) is 0 Å². The Labute approximate surface area is 169 Å². The van der Waals surface area contributed by atoms with Crippen LogP contribution in [0.1, 0.15) is 66.2 Å². The van der Waals surface area contributed by atoms with E-state index in [0.29, 0.717) is 5.56 Å². The number of aromatic amines is 1. The van der Waals surface area contributed by atoms with Gasteiger partial charge in [-0.15, -0.1) is 0 Å². The highest BCUT2D eigenvalue weighted by Crippen LogP contribution is 2.28. The van der Waals surface area contributed by atoms with Crippen LogP contribution in [0, 0.1) is 0 Å². The number of nitrogens with one attached hydrogen (secondary N) is 2. The fourth-order valence-corrected chi connectivity index (χ4v) is 4.83. The molecule has 1 fully saturated rings. The average Bonchev–Trinajstić information content (AvgIpc) is 3.18. The first-order chi connectivity index (χ1) is 14.2. The van der Waals surface area contributed by atoms with Crippen molar-refractivity contribution >= 4 is 16.8 Å². The lowest BCUT2D eigenvalue weighted by molar-refractivity contribution is 0.0923. The van der Waals surface area contributed by atoms with Gasteiger partial charge in [-0.1, -0.05) is 18.2 Å². The molecule has 3 aromatic rings. The highest BCUT2D eigenvalue weighted by molar-refractivity contribution is 6.06. The van der Waals surface area contributed by atoms with Crippen LogP contribution in [0.15, 0.2) is 41.3 Å². The van der Waals surface area contributed by atoms with Gasteiger partial charge in [-0.25, -0.2) is 4.68 Å². The largest absolute Gasteiger partial charge is 0.360 e. The molecule has 0 aliphatic heterocycles. The fraction of sp³-hybridized carbons (Fsp3) is 0.435. The highest BCUT2D eigenvalue weighted by atomic mass is 16.2. The fourth-order valence-electron chi connectivity index (χ4n) is 4.83. The number of hydrogen-bond acceptors (Lipinski definition) is 3. The van der Waals surface area contributed by atoms with E-state index in [9.17, 15) is 9.59 Å². The molecule has 0 unspecified atom stereocenters. The Morgan fingerprint density at radius 3 is 2.76 bits per heavy atom. The standard InChI is InChI=1S/C23H26N4O2/c28-22-13-15-5-1-3-7-20(15)26-27(22)17-11-9-16(10-12-17)25-23(29)19-14-24-21-8-4-2-6-18(19)21/h2,4,6,8,13-14,16-17,24H,1,3,5,7,9-12H2,(H,25,29). The van der Waals surface area contributed by atoms with E-state index in [1.807, 2.05) is 24.3 Å². The van der Waals surface area contributed by atoms with Crippen LogP contribution in [-0.4, -0.2) is 26.7 Å². The summed E-state index contributed by atoms with van der Waals surface area (Å²) in [6, 6.07) is 9.91. The molecular weight excluding hydrogens is 364 g/mol. The molecule has 0 atom stereocenters. The van der Waals surface area contributed by atoms with Crippen molar-refractivity contribution in [2.75, 3.05) is 0 Å². The lowest BCUT2D eigenvalue weighted by Gasteiger charge is -2.30. The molecule has 1 amide bonds. The third-order valence-electron chi connectivity index (χ3n) is 6.44. The monoisotopic (exact) mass is 390 g/mol. The third-order valence-corrected chi connectivity index (χ3v) is 6.44. The Hall–Kier alpha value is -2.89. The van der Waals surface area contributed by atoms with Crippen molar-refractivity contribution in [2.45, 2.75) is 63.5 Å². The van der Waals surface area contributed by atoms with Crippen molar-refractivity contribution in [3.8, 4) is 0 Å². The number of H-pyrrole nitrogens is 1. The van der Waals surface area contributed by atoms with E-state index >= 15 is 0 Å². The van der Waals surface area contributed by atoms with Crippen molar-refractivity contribution in [1.29, 1.82) is 0 Å². The summed E-state index contributed by atoms with van der Waals surface area (Å²) in [5.74, 6) is -0.0324. The summed E-state index contributed by atoms with van der Waals surface area (Å²) in [6.45, 7) is 0. The molecule has 2 aliphatic rings. The van der Waals surface area contributed by atoms with Crippen molar-refractivity contribution < 1.29 is 4.79 Å². The molecule has 0 spiro atoms. The van der Waals surface area contributed by atoms with Gasteiger partial charge in [-0.2, -0.15) is 5.10 Å². The molecule has 2 N–H and O–H groups in total.